The van der Waals surface area contributed by atoms with Gasteiger partial charge in [-0.3, -0.25) is 0 Å². The summed E-state index contributed by atoms with van der Waals surface area (Å²) in [6, 6.07) is 25.6. The molecule has 0 saturated heterocycles. The van der Waals surface area contributed by atoms with Crippen LogP contribution in [0.2, 0.25) is 0 Å². The Hall–Kier alpha value is -3.16. The highest BCUT2D eigenvalue weighted by molar-refractivity contribution is 7.17. The van der Waals surface area contributed by atoms with Gasteiger partial charge in [-0.15, -0.1) is 11.3 Å². The molecule has 29 heavy (non-hydrogen) atoms. The highest BCUT2D eigenvalue weighted by Gasteiger charge is 2.06. The number of hydrogen-bond donors (Lipinski definition) is 0. The van der Waals surface area contributed by atoms with Gasteiger partial charge in [-0.25, -0.2) is 0 Å². The number of hydrogen-bond acceptors (Lipinski definition) is 1. The summed E-state index contributed by atoms with van der Waals surface area (Å²) in [5, 5.41) is 7.83. The van der Waals surface area contributed by atoms with Crippen LogP contribution in [0.15, 0.2) is 85.5 Å². The van der Waals surface area contributed by atoms with Gasteiger partial charge in [0.1, 0.15) is 0 Å². The molecule has 0 N–H and O–H groups in total. The normalized spacial score (nSPS) is 11.6. The second-order valence-corrected chi connectivity index (χ2v) is 8.27. The Bertz CT molecular complexity index is 1390. The first-order valence-electron chi connectivity index (χ1n) is 9.77. The first-order valence-corrected chi connectivity index (χ1v) is 10.6. The van der Waals surface area contributed by atoms with E-state index in [9.17, 15) is 0 Å². The van der Waals surface area contributed by atoms with Crippen molar-refractivity contribution in [2.75, 3.05) is 0 Å². The Morgan fingerprint density at radius 1 is 0.655 bits per heavy atom. The first-order chi connectivity index (χ1) is 14.1. The van der Waals surface area contributed by atoms with Gasteiger partial charge in [0.05, 0.1) is 0 Å². The smallest absolute Gasteiger partial charge is 0.0355 e. The minimum absolute atomic E-state index is 1.11. The van der Waals surface area contributed by atoms with Crippen molar-refractivity contribution in [3.8, 4) is 0 Å². The Morgan fingerprint density at radius 2 is 1.10 bits per heavy atom. The largest absolute Gasteiger partial charge is 0.135 e. The molecule has 5 rings (SSSR count). The van der Waals surface area contributed by atoms with Gasteiger partial charge in [-0.1, -0.05) is 86.0 Å². The second-order valence-electron chi connectivity index (χ2n) is 7.18. The third-order valence-corrected chi connectivity index (χ3v) is 6.69. The van der Waals surface area contributed by atoms with Crippen molar-refractivity contribution in [2.45, 2.75) is 13.8 Å². The molecule has 5 aromatic rings. The second kappa shape index (κ2) is 8.06. The fraction of sp³-hybridized carbons (Fsp3) is 0.0714. The summed E-state index contributed by atoms with van der Waals surface area (Å²) in [5.41, 5.74) is 2.80. The van der Waals surface area contributed by atoms with E-state index in [2.05, 4.69) is 93.7 Å². The summed E-state index contributed by atoms with van der Waals surface area (Å²) in [6.45, 7) is 12.2. The number of fused-ring (bicyclic) bond motifs is 4. The van der Waals surface area contributed by atoms with Crippen LogP contribution in [-0.4, -0.2) is 0 Å². The van der Waals surface area contributed by atoms with Crippen molar-refractivity contribution in [3.05, 3.63) is 106 Å². The van der Waals surface area contributed by atoms with Crippen molar-refractivity contribution < 1.29 is 0 Å². The van der Waals surface area contributed by atoms with Gasteiger partial charge in [-0.2, -0.15) is 0 Å². The Balaban J connectivity index is 0.000000145. The minimum Gasteiger partial charge on any atom is -0.135 e. The summed E-state index contributed by atoms with van der Waals surface area (Å²) < 4.78 is 2.50. The van der Waals surface area contributed by atoms with Crippen molar-refractivity contribution in [1.29, 1.82) is 0 Å². The van der Waals surface area contributed by atoms with Crippen molar-refractivity contribution in [3.63, 3.8) is 0 Å². The fourth-order valence-electron chi connectivity index (χ4n) is 3.85. The molecule has 0 radical (unpaired) electrons. The summed E-state index contributed by atoms with van der Waals surface area (Å²) >= 11 is 1.76. The van der Waals surface area contributed by atoms with Crippen LogP contribution >= 0.6 is 11.3 Å². The number of thiophene rings is 1. The molecule has 0 unspecified atom stereocenters. The molecular formula is C28H24S. The molecule has 142 valence electrons. The average molecular weight is 393 g/mol. The third-order valence-electron chi connectivity index (χ3n) is 5.51. The monoisotopic (exact) mass is 392 g/mol. The predicted molar refractivity (Wildman–Crippen MR) is 132 cm³/mol. The Labute approximate surface area is 175 Å². The van der Waals surface area contributed by atoms with Crippen LogP contribution in [0.1, 0.15) is 11.1 Å². The lowest BCUT2D eigenvalue weighted by Crippen LogP contribution is -2.15. The molecule has 0 bridgehead atoms. The van der Waals surface area contributed by atoms with Crippen LogP contribution in [0.25, 0.3) is 44.3 Å². The van der Waals surface area contributed by atoms with E-state index in [1.807, 2.05) is 12.1 Å². The van der Waals surface area contributed by atoms with E-state index in [-0.39, 0.29) is 0 Å². The molecule has 1 heteroatoms. The van der Waals surface area contributed by atoms with E-state index < -0.39 is 0 Å². The zero-order valence-corrected chi connectivity index (χ0v) is 17.7. The van der Waals surface area contributed by atoms with Crippen LogP contribution < -0.4 is 9.75 Å². The van der Waals surface area contributed by atoms with E-state index in [0.29, 0.717) is 0 Å². The van der Waals surface area contributed by atoms with Crippen LogP contribution in [0.3, 0.4) is 0 Å². The summed E-state index contributed by atoms with van der Waals surface area (Å²) in [7, 11) is 0. The molecule has 0 amide bonds. The van der Waals surface area contributed by atoms with Gasteiger partial charge in [-0.05, 0) is 69.3 Å². The fourth-order valence-corrected chi connectivity index (χ4v) is 4.94. The Morgan fingerprint density at radius 3 is 1.59 bits per heavy atom. The van der Waals surface area contributed by atoms with Crippen LogP contribution in [0.5, 0.6) is 0 Å². The van der Waals surface area contributed by atoms with Crippen LogP contribution in [0, 0.1) is 13.8 Å². The molecule has 0 nitrogen and oxygen atoms in total. The van der Waals surface area contributed by atoms with Crippen LogP contribution in [-0.2, 0) is 0 Å². The molecule has 1 aromatic heterocycles. The van der Waals surface area contributed by atoms with E-state index in [1.54, 1.807) is 17.4 Å². The quantitative estimate of drug-likeness (QED) is 0.273. The van der Waals surface area contributed by atoms with E-state index in [1.165, 1.54) is 47.3 Å². The van der Waals surface area contributed by atoms with Gasteiger partial charge in [0.15, 0.2) is 0 Å². The standard InChI is InChI=1S/C16H14.C12H10S/c1-11-12(2)14-8-4-6-10-16(14)15-9-5-3-7-13(11)15;1-3-6-11-9(2)10-7-4-5-8-12(10)13-11/h3-10H,1-2H3;3-8H,1-2H2/b;11-6+. The minimum atomic E-state index is 1.11. The molecule has 0 spiro atoms. The SMILES string of the molecule is C=C/C=c1/sc2ccccc2c1=C.Cc1c(C)c2ccccc2c2ccccc12. The summed E-state index contributed by atoms with van der Waals surface area (Å²) in [5.74, 6) is 0. The topological polar surface area (TPSA) is 0 Å². The maximum atomic E-state index is 4.06. The zero-order valence-electron chi connectivity index (χ0n) is 16.9. The molecule has 0 aliphatic heterocycles. The van der Waals surface area contributed by atoms with Crippen molar-refractivity contribution >= 4 is 55.6 Å². The lowest BCUT2D eigenvalue weighted by Gasteiger charge is -2.11. The first kappa shape index (κ1) is 19.2. The molecular weight excluding hydrogens is 368 g/mol. The highest BCUT2D eigenvalue weighted by atomic mass is 32.1. The third kappa shape index (κ3) is 3.50. The Kier molecular flexibility index (Phi) is 5.33. The lowest BCUT2D eigenvalue weighted by molar-refractivity contribution is 1.41. The number of benzene rings is 4. The van der Waals surface area contributed by atoms with E-state index in [0.717, 1.165) is 5.22 Å². The van der Waals surface area contributed by atoms with E-state index >= 15 is 0 Å². The highest BCUT2D eigenvalue weighted by Crippen LogP contribution is 2.31. The lowest BCUT2D eigenvalue weighted by atomic mass is 9.93. The maximum Gasteiger partial charge on any atom is 0.0355 e. The van der Waals surface area contributed by atoms with Gasteiger partial charge in [0.2, 0.25) is 0 Å². The summed E-state index contributed by atoms with van der Waals surface area (Å²) in [6.07, 6.45) is 3.81. The molecule has 0 saturated carbocycles. The van der Waals surface area contributed by atoms with Gasteiger partial charge < -0.3 is 0 Å². The molecule has 4 aromatic carbocycles. The number of rotatable bonds is 1. The van der Waals surface area contributed by atoms with Crippen molar-refractivity contribution in [2.24, 2.45) is 0 Å². The predicted octanol–water partition coefficient (Wildman–Crippen LogP) is 6.89. The molecule has 1 heterocycles. The van der Waals surface area contributed by atoms with Gasteiger partial charge in [0.25, 0.3) is 0 Å². The van der Waals surface area contributed by atoms with Crippen molar-refractivity contribution in [1.82, 2.24) is 0 Å². The van der Waals surface area contributed by atoms with Crippen LogP contribution in [0.4, 0.5) is 0 Å². The molecule has 0 fully saturated rings. The average Bonchev–Trinajstić information content (AvgIpc) is 3.08. The number of aryl methyl sites for hydroxylation is 2. The summed E-state index contributed by atoms with van der Waals surface area (Å²) in [4.78, 5) is 0. The molecule has 0 aliphatic rings. The van der Waals surface area contributed by atoms with E-state index in [4.69, 9.17) is 0 Å². The maximum absolute atomic E-state index is 4.06. The molecule has 0 aliphatic carbocycles. The zero-order chi connectivity index (χ0) is 20.4. The van der Waals surface area contributed by atoms with Gasteiger partial charge in [0, 0.05) is 9.23 Å². The number of allylic oxidation sites excluding steroid dienone is 1. The van der Waals surface area contributed by atoms with Gasteiger partial charge >= 0.3 is 0 Å². The molecule has 0 atom stereocenters.